The van der Waals surface area contributed by atoms with E-state index in [0.717, 1.165) is 31.1 Å². The van der Waals surface area contributed by atoms with Gasteiger partial charge in [0.15, 0.2) is 6.61 Å². The maximum absolute atomic E-state index is 12.1. The lowest BCUT2D eigenvalue weighted by Crippen LogP contribution is -2.29. The molecule has 2 aliphatic carbocycles. The standard InChI is InChI=1S/C22H30N2O3/c25-21(15-27-22(26)14-18-13-16-4-5-17(18)12-16)23-19-6-8-20(9-7-19)24-10-2-1-3-11-24/h6-9,16-18H,1-5,10-15H2,(H,23,25)/t16-,17+,18+/m0/s1. The highest BCUT2D eigenvalue weighted by Crippen LogP contribution is 2.49. The van der Waals surface area contributed by atoms with Gasteiger partial charge in [0.2, 0.25) is 0 Å². The van der Waals surface area contributed by atoms with Crippen molar-refractivity contribution in [2.24, 2.45) is 17.8 Å². The Morgan fingerprint density at radius 2 is 1.81 bits per heavy atom. The van der Waals surface area contributed by atoms with Gasteiger partial charge in [0.25, 0.3) is 5.91 Å². The van der Waals surface area contributed by atoms with E-state index < -0.39 is 0 Å². The highest BCUT2D eigenvalue weighted by atomic mass is 16.5. The number of esters is 1. The first-order valence-corrected chi connectivity index (χ1v) is 10.5. The second kappa shape index (κ2) is 8.32. The molecule has 5 nitrogen and oxygen atoms in total. The van der Waals surface area contributed by atoms with Crippen LogP contribution >= 0.6 is 0 Å². The molecule has 1 saturated heterocycles. The average molecular weight is 370 g/mol. The Morgan fingerprint density at radius 3 is 2.48 bits per heavy atom. The first-order chi connectivity index (χ1) is 13.2. The summed E-state index contributed by atoms with van der Waals surface area (Å²) in [6, 6.07) is 7.92. The molecule has 1 aromatic rings. The Labute approximate surface area is 161 Å². The minimum absolute atomic E-state index is 0.201. The molecule has 1 N–H and O–H groups in total. The van der Waals surface area contributed by atoms with E-state index in [2.05, 4.69) is 10.2 Å². The number of benzene rings is 1. The number of rotatable bonds is 6. The van der Waals surface area contributed by atoms with Crippen molar-refractivity contribution >= 4 is 23.3 Å². The van der Waals surface area contributed by atoms with Gasteiger partial charge in [-0.1, -0.05) is 6.42 Å². The quantitative estimate of drug-likeness (QED) is 0.770. The second-order valence-electron chi connectivity index (χ2n) is 8.44. The first kappa shape index (κ1) is 18.3. The molecule has 0 unspecified atom stereocenters. The zero-order valence-corrected chi connectivity index (χ0v) is 16.0. The van der Waals surface area contributed by atoms with Crippen molar-refractivity contribution in [1.82, 2.24) is 0 Å². The molecule has 4 rings (SSSR count). The topological polar surface area (TPSA) is 58.6 Å². The van der Waals surface area contributed by atoms with E-state index in [1.54, 1.807) is 0 Å². The number of fused-ring (bicyclic) bond motifs is 2. The maximum Gasteiger partial charge on any atom is 0.306 e. The molecule has 0 radical (unpaired) electrons. The molecule has 0 spiro atoms. The molecule has 5 heteroatoms. The normalized spacial score (nSPS) is 26.8. The van der Waals surface area contributed by atoms with Crippen LogP contribution in [0.25, 0.3) is 0 Å². The largest absolute Gasteiger partial charge is 0.456 e. The SMILES string of the molecule is O=C(COC(=O)C[C@H]1C[C@H]2CC[C@@H]1C2)Nc1ccc(N2CCCCC2)cc1. The number of piperidine rings is 1. The van der Waals surface area contributed by atoms with Crippen molar-refractivity contribution in [3.8, 4) is 0 Å². The number of ether oxygens (including phenoxy) is 1. The summed E-state index contributed by atoms with van der Waals surface area (Å²) in [5, 5.41) is 2.81. The van der Waals surface area contributed by atoms with E-state index in [1.807, 2.05) is 24.3 Å². The van der Waals surface area contributed by atoms with Gasteiger partial charge in [0, 0.05) is 30.9 Å². The van der Waals surface area contributed by atoms with E-state index in [0.29, 0.717) is 18.3 Å². The van der Waals surface area contributed by atoms with Crippen molar-refractivity contribution in [2.45, 2.75) is 51.4 Å². The van der Waals surface area contributed by atoms with Crippen molar-refractivity contribution in [1.29, 1.82) is 0 Å². The number of amides is 1. The summed E-state index contributed by atoms with van der Waals surface area (Å²) in [6.45, 7) is 2.00. The smallest absolute Gasteiger partial charge is 0.306 e. The fourth-order valence-electron chi connectivity index (χ4n) is 5.15. The Kier molecular flexibility index (Phi) is 5.65. The number of anilines is 2. The van der Waals surface area contributed by atoms with E-state index in [4.69, 9.17) is 4.74 Å². The molecule has 1 aromatic carbocycles. The Hall–Kier alpha value is -2.04. The lowest BCUT2D eigenvalue weighted by molar-refractivity contribution is -0.148. The lowest BCUT2D eigenvalue weighted by Gasteiger charge is -2.28. The first-order valence-electron chi connectivity index (χ1n) is 10.5. The zero-order valence-electron chi connectivity index (χ0n) is 16.0. The fraction of sp³-hybridized carbons (Fsp3) is 0.636. The molecule has 1 amide bonds. The number of nitrogens with zero attached hydrogens (tertiary/aromatic N) is 1. The minimum Gasteiger partial charge on any atom is -0.456 e. The highest BCUT2D eigenvalue weighted by Gasteiger charge is 2.40. The van der Waals surface area contributed by atoms with Gasteiger partial charge >= 0.3 is 5.97 Å². The molecule has 1 heterocycles. The Morgan fingerprint density at radius 1 is 1.04 bits per heavy atom. The third kappa shape index (κ3) is 4.63. The predicted octanol–water partition coefficient (Wildman–Crippen LogP) is 3.98. The molecule has 1 aliphatic heterocycles. The number of carbonyl (C=O) groups excluding carboxylic acids is 2. The summed E-state index contributed by atoms with van der Waals surface area (Å²) in [4.78, 5) is 26.5. The van der Waals surface area contributed by atoms with Gasteiger partial charge in [0.1, 0.15) is 0 Å². The van der Waals surface area contributed by atoms with Crippen LogP contribution in [-0.2, 0) is 14.3 Å². The molecule has 146 valence electrons. The fourth-order valence-corrected chi connectivity index (χ4v) is 5.15. The monoisotopic (exact) mass is 370 g/mol. The summed E-state index contributed by atoms with van der Waals surface area (Å²) in [6.07, 6.45) is 9.30. The Balaban J connectivity index is 1.19. The van der Waals surface area contributed by atoms with Crippen molar-refractivity contribution in [2.75, 3.05) is 29.9 Å². The van der Waals surface area contributed by atoms with Crippen LogP contribution < -0.4 is 10.2 Å². The van der Waals surface area contributed by atoms with E-state index in [-0.39, 0.29) is 18.5 Å². The van der Waals surface area contributed by atoms with E-state index >= 15 is 0 Å². The summed E-state index contributed by atoms with van der Waals surface area (Å²) in [5.74, 6) is 1.49. The average Bonchev–Trinajstić information content (AvgIpc) is 3.31. The van der Waals surface area contributed by atoms with Crippen molar-refractivity contribution in [3.63, 3.8) is 0 Å². The molecular formula is C22H30N2O3. The predicted molar refractivity (Wildman–Crippen MR) is 106 cm³/mol. The lowest BCUT2D eigenvalue weighted by atomic mass is 9.86. The zero-order chi connectivity index (χ0) is 18.6. The summed E-state index contributed by atoms with van der Waals surface area (Å²) in [5.41, 5.74) is 1.94. The van der Waals surface area contributed by atoms with Gasteiger partial charge in [-0.15, -0.1) is 0 Å². The molecule has 3 atom stereocenters. The van der Waals surface area contributed by atoms with Crippen LogP contribution in [-0.4, -0.2) is 31.6 Å². The molecular weight excluding hydrogens is 340 g/mol. The van der Waals surface area contributed by atoms with Gasteiger partial charge in [-0.2, -0.15) is 0 Å². The van der Waals surface area contributed by atoms with Crippen LogP contribution in [0.4, 0.5) is 11.4 Å². The molecule has 2 saturated carbocycles. The molecule has 2 bridgehead atoms. The van der Waals surface area contributed by atoms with Gasteiger partial charge < -0.3 is 15.0 Å². The van der Waals surface area contributed by atoms with Gasteiger partial charge in [-0.3, -0.25) is 9.59 Å². The number of hydrogen-bond acceptors (Lipinski definition) is 4. The van der Waals surface area contributed by atoms with Crippen LogP contribution in [0.15, 0.2) is 24.3 Å². The van der Waals surface area contributed by atoms with Crippen molar-refractivity contribution in [3.05, 3.63) is 24.3 Å². The third-order valence-electron chi connectivity index (χ3n) is 6.55. The van der Waals surface area contributed by atoms with Gasteiger partial charge in [-0.05, 0) is 80.5 Å². The number of hydrogen-bond donors (Lipinski definition) is 1. The van der Waals surface area contributed by atoms with Crippen LogP contribution in [0, 0.1) is 17.8 Å². The summed E-state index contributed by atoms with van der Waals surface area (Å²) in [7, 11) is 0. The highest BCUT2D eigenvalue weighted by molar-refractivity contribution is 5.92. The Bertz CT molecular complexity index is 667. The second-order valence-corrected chi connectivity index (χ2v) is 8.44. The van der Waals surface area contributed by atoms with E-state index in [1.165, 1.54) is 44.2 Å². The molecule has 3 fully saturated rings. The molecule has 27 heavy (non-hydrogen) atoms. The van der Waals surface area contributed by atoms with Gasteiger partial charge in [-0.25, -0.2) is 0 Å². The van der Waals surface area contributed by atoms with E-state index in [9.17, 15) is 9.59 Å². The van der Waals surface area contributed by atoms with Crippen molar-refractivity contribution < 1.29 is 14.3 Å². The third-order valence-corrected chi connectivity index (χ3v) is 6.55. The van der Waals surface area contributed by atoms with Gasteiger partial charge in [0.05, 0.1) is 0 Å². The maximum atomic E-state index is 12.1. The van der Waals surface area contributed by atoms with Crippen LogP contribution in [0.3, 0.4) is 0 Å². The van der Waals surface area contributed by atoms with Crippen LogP contribution in [0.5, 0.6) is 0 Å². The van der Waals surface area contributed by atoms with Crippen LogP contribution in [0.1, 0.15) is 51.4 Å². The minimum atomic E-state index is -0.276. The number of nitrogens with one attached hydrogen (secondary N) is 1. The number of carbonyl (C=O) groups is 2. The molecule has 0 aromatic heterocycles. The summed E-state index contributed by atoms with van der Waals surface area (Å²) >= 11 is 0. The molecule has 3 aliphatic rings. The summed E-state index contributed by atoms with van der Waals surface area (Å²) < 4.78 is 5.21. The van der Waals surface area contributed by atoms with Crippen LogP contribution in [0.2, 0.25) is 0 Å².